The van der Waals surface area contributed by atoms with Gasteiger partial charge in [-0.1, -0.05) is 27.2 Å². The number of rotatable bonds is 7. The van der Waals surface area contributed by atoms with Crippen LogP contribution in [0.2, 0.25) is 0 Å². The van der Waals surface area contributed by atoms with E-state index in [1.807, 2.05) is 0 Å². The average molecular weight is 238 g/mol. The van der Waals surface area contributed by atoms with E-state index in [1.165, 1.54) is 45.1 Å². The first-order valence-electron chi connectivity index (χ1n) is 7.79. The van der Waals surface area contributed by atoms with Crippen molar-refractivity contribution in [2.24, 2.45) is 5.92 Å². The minimum absolute atomic E-state index is 0.717. The fourth-order valence-electron chi connectivity index (χ4n) is 4.12. The number of nitrogens with one attached hydrogen (secondary N) is 1. The third-order valence-corrected chi connectivity index (χ3v) is 4.83. The Hall–Kier alpha value is -0.0800. The molecule has 0 aromatic rings. The van der Waals surface area contributed by atoms with Gasteiger partial charge in [-0.05, 0) is 44.6 Å². The highest BCUT2D eigenvalue weighted by atomic mass is 15.2. The number of hydrogen-bond acceptors (Lipinski definition) is 2. The number of nitrogens with zero attached hydrogens (tertiary/aromatic N) is 1. The maximum atomic E-state index is 3.73. The normalized spacial score (nSPS) is 31.9. The summed E-state index contributed by atoms with van der Waals surface area (Å²) < 4.78 is 0. The van der Waals surface area contributed by atoms with Gasteiger partial charge in [0.1, 0.15) is 0 Å². The van der Waals surface area contributed by atoms with Crippen molar-refractivity contribution in [2.75, 3.05) is 13.1 Å². The SMILES string of the molecule is CCCC(NCC)C(CC)N1CC2CCC1C2. The summed E-state index contributed by atoms with van der Waals surface area (Å²) >= 11 is 0. The number of likely N-dealkylation sites (tertiary alicyclic amines) is 1. The van der Waals surface area contributed by atoms with Crippen molar-refractivity contribution in [3.8, 4) is 0 Å². The van der Waals surface area contributed by atoms with E-state index < -0.39 is 0 Å². The zero-order valence-corrected chi connectivity index (χ0v) is 11.9. The predicted octanol–water partition coefficient (Wildman–Crippen LogP) is 3.03. The zero-order valence-electron chi connectivity index (χ0n) is 11.9. The second kappa shape index (κ2) is 6.19. The van der Waals surface area contributed by atoms with Crippen LogP contribution in [0.15, 0.2) is 0 Å². The standard InChI is InChI=1S/C15H30N2/c1-4-7-14(16-6-3)15(5-2)17-11-12-8-9-13(17)10-12/h12-16H,4-11H2,1-3H3. The average Bonchev–Trinajstić information content (AvgIpc) is 2.93. The minimum atomic E-state index is 0.717. The maximum absolute atomic E-state index is 3.73. The van der Waals surface area contributed by atoms with E-state index in [-0.39, 0.29) is 0 Å². The molecule has 17 heavy (non-hydrogen) atoms. The van der Waals surface area contributed by atoms with Gasteiger partial charge in [0.05, 0.1) is 0 Å². The summed E-state index contributed by atoms with van der Waals surface area (Å²) in [5, 5.41) is 3.73. The number of fused-ring (bicyclic) bond motifs is 2. The summed E-state index contributed by atoms with van der Waals surface area (Å²) in [5.41, 5.74) is 0. The van der Waals surface area contributed by atoms with E-state index >= 15 is 0 Å². The molecule has 2 rings (SSSR count). The minimum Gasteiger partial charge on any atom is -0.313 e. The molecule has 1 aliphatic carbocycles. The van der Waals surface area contributed by atoms with Crippen molar-refractivity contribution in [2.45, 2.75) is 77.4 Å². The van der Waals surface area contributed by atoms with E-state index in [0.717, 1.165) is 24.5 Å². The summed E-state index contributed by atoms with van der Waals surface area (Å²) in [6, 6.07) is 2.42. The molecule has 0 amide bonds. The molecule has 2 bridgehead atoms. The molecule has 2 nitrogen and oxygen atoms in total. The Bertz CT molecular complexity index is 223. The van der Waals surface area contributed by atoms with E-state index in [1.54, 1.807) is 0 Å². The molecule has 1 heterocycles. The zero-order chi connectivity index (χ0) is 12.3. The molecule has 1 aliphatic heterocycles. The lowest BCUT2D eigenvalue weighted by atomic mass is 9.96. The van der Waals surface area contributed by atoms with Gasteiger partial charge < -0.3 is 5.32 Å². The summed E-state index contributed by atoms with van der Waals surface area (Å²) in [4.78, 5) is 2.84. The lowest BCUT2D eigenvalue weighted by Crippen LogP contribution is -2.52. The molecular weight excluding hydrogens is 208 g/mol. The molecule has 0 spiro atoms. The maximum Gasteiger partial charge on any atom is 0.0249 e. The molecule has 1 N–H and O–H groups in total. The van der Waals surface area contributed by atoms with E-state index in [9.17, 15) is 0 Å². The molecule has 2 fully saturated rings. The monoisotopic (exact) mass is 238 g/mol. The lowest BCUT2D eigenvalue weighted by Gasteiger charge is -2.39. The highest BCUT2D eigenvalue weighted by Gasteiger charge is 2.42. The third kappa shape index (κ3) is 2.85. The summed E-state index contributed by atoms with van der Waals surface area (Å²) in [6.07, 6.45) is 8.39. The van der Waals surface area contributed by atoms with Gasteiger partial charge in [-0.2, -0.15) is 0 Å². The van der Waals surface area contributed by atoms with Gasteiger partial charge in [0, 0.05) is 24.7 Å². The van der Waals surface area contributed by atoms with Gasteiger partial charge in [-0.3, -0.25) is 4.90 Å². The van der Waals surface area contributed by atoms with Crippen LogP contribution in [0.4, 0.5) is 0 Å². The second-order valence-corrected chi connectivity index (χ2v) is 5.96. The van der Waals surface area contributed by atoms with Gasteiger partial charge in [0.15, 0.2) is 0 Å². The van der Waals surface area contributed by atoms with Crippen LogP contribution in [0.25, 0.3) is 0 Å². The molecule has 4 unspecified atom stereocenters. The van der Waals surface area contributed by atoms with Crippen molar-refractivity contribution in [1.29, 1.82) is 0 Å². The molecule has 2 heteroatoms. The smallest absolute Gasteiger partial charge is 0.0249 e. The largest absolute Gasteiger partial charge is 0.313 e. The highest BCUT2D eigenvalue weighted by Crippen LogP contribution is 2.39. The molecule has 100 valence electrons. The fourth-order valence-corrected chi connectivity index (χ4v) is 4.12. The van der Waals surface area contributed by atoms with Gasteiger partial charge in [-0.15, -0.1) is 0 Å². The number of likely N-dealkylation sites (N-methyl/N-ethyl adjacent to an activating group) is 1. The van der Waals surface area contributed by atoms with Crippen LogP contribution in [0.3, 0.4) is 0 Å². The van der Waals surface area contributed by atoms with Gasteiger partial charge >= 0.3 is 0 Å². The van der Waals surface area contributed by atoms with Gasteiger partial charge in [0.25, 0.3) is 0 Å². The van der Waals surface area contributed by atoms with Crippen LogP contribution in [0.1, 0.15) is 59.3 Å². The quantitative estimate of drug-likeness (QED) is 0.733. The van der Waals surface area contributed by atoms with Crippen molar-refractivity contribution >= 4 is 0 Å². The molecule has 0 aromatic carbocycles. The molecular formula is C15H30N2. The summed E-state index contributed by atoms with van der Waals surface area (Å²) in [7, 11) is 0. The van der Waals surface area contributed by atoms with Crippen LogP contribution in [0, 0.1) is 5.92 Å². The predicted molar refractivity (Wildman–Crippen MR) is 74.3 cm³/mol. The van der Waals surface area contributed by atoms with Crippen molar-refractivity contribution in [3.05, 3.63) is 0 Å². The molecule has 1 saturated heterocycles. The van der Waals surface area contributed by atoms with Crippen LogP contribution in [-0.2, 0) is 0 Å². The van der Waals surface area contributed by atoms with Crippen molar-refractivity contribution in [1.82, 2.24) is 10.2 Å². The first-order valence-corrected chi connectivity index (χ1v) is 7.79. The Morgan fingerprint density at radius 2 is 2.06 bits per heavy atom. The topological polar surface area (TPSA) is 15.3 Å². The number of hydrogen-bond donors (Lipinski definition) is 1. The molecule has 0 aromatic heterocycles. The van der Waals surface area contributed by atoms with E-state index in [4.69, 9.17) is 0 Å². The van der Waals surface area contributed by atoms with Crippen LogP contribution >= 0.6 is 0 Å². The Kier molecular flexibility index (Phi) is 4.87. The second-order valence-electron chi connectivity index (χ2n) is 5.96. The summed E-state index contributed by atoms with van der Waals surface area (Å²) in [5.74, 6) is 1.03. The van der Waals surface area contributed by atoms with Crippen LogP contribution < -0.4 is 5.32 Å². The molecule has 2 aliphatic rings. The first kappa shape index (κ1) is 13.4. The Morgan fingerprint density at radius 3 is 2.53 bits per heavy atom. The Labute approximate surface area is 107 Å². The number of piperidine rings is 1. The third-order valence-electron chi connectivity index (χ3n) is 4.83. The Morgan fingerprint density at radius 1 is 1.24 bits per heavy atom. The van der Waals surface area contributed by atoms with Gasteiger partial charge in [0.2, 0.25) is 0 Å². The van der Waals surface area contributed by atoms with E-state index in [0.29, 0.717) is 6.04 Å². The molecule has 1 saturated carbocycles. The lowest BCUT2D eigenvalue weighted by molar-refractivity contribution is 0.111. The van der Waals surface area contributed by atoms with Gasteiger partial charge in [-0.25, -0.2) is 0 Å². The first-order chi connectivity index (χ1) is 8.30. The van der Waals surface area contributed by atoms with Crippen LogP contribution in [-0.4, -0.2) is 36.1 Å². The molecule has 0 radical (unpaired) electrons. The van der Waals surface area contributed by atoms with Crippen LogP contribution in [0.5, 0.6) is 0 Å². The van der Waals surface area contributed by atoms with Crippen molar-refractivity contribution in [3.63, 3.8) is 0 Å². The molecule has 4 atom stereocenters. The summed E-state index contributed by atoms with van der Waals surface area (Å²) in [6.45, 7) is 9.42. The highest BCUT2D eigenvalue weighted by molar-refractivity contribution is 4.97. The fraction of sp³-hybridized carbons (Fsp3) is 1.00. The van der Waals surface area contributed by atoms with E-state index in [2.05, 4.69) is 31.0 Å². The van der Waals surface area contributed by atoms with Crippen molar-refractivity contribution < 1.29 is 0 Å². The Balaban J connectivity index is 1.98.